The minimum absolute atomic E-state index is 0.0235. The fourth-order valence-corrected chi connectivity index (χ4v) is 8.97. The third-order valence-electron chi connectivity index (χ3n) is 13.0. The van der Waals surface area contributed by atoms with Crippen molar-refractivity contribution in [1.29, 1.82) is 0 Å². The average Bonchev–Trinajstić information content (AvgIpc) is 3.37. The Labute approximate surface area is 462 Å². The summed E-state index contributed by atoms with van der Waals surface area (Å²) in [5.74, 6) is -0.588. The van der Waals surface area contributed by atoms with Crippen LogP contribution in [0.4, 0.5) is 0 Å². The number of carbonyl (C=O) groups is 2. The molecule has 0 radical (unpaired) electrons. The summed E-state index contributed by atoms with van der Waals surface area (Å²) in [5, 5.41) is 3.02. The molecule has 0 aromatic rings. The number of amides is 1. The highest BCUT2D eigenvalue weighted by molar-refractivity contribution is 7.47. The van der Waals surface area contributed by atoms with Crippen LogP contribution in [0.3, 0.4) is 0 Å². The molecule has 0 aliphatic carbocycles. The predicted molar refractivity (Wildman–Crippen MR) is 323 cm³/mol. The first-order chi connectivity index (χ1) is 36.4. The topological polar surface area (TPSA) is 111 Å². The standard InChI is InChI=1S/C65H115N2O7P/c1-7-10-13-16-19-22-25-28-30-32-33-35-37-40-43-46-49-52-55-58-65(69)74-63(56-53-50-47-44-41-38-27-24-21-18-15-12-9-3)62(61-73-75(70,71)72-60-59-67(4,5)6)66-64(68)57-54-51-48-45-42-39-36-34-31-29-26-23-20-17-14-11-8-2/h19-20,22-23,28-31,33,35-36,39,45,48,53,56,62-63H,7-18,21,24-27,32,34,37-38,40-44,46-47,49-52,54-55,57-61H2,1-6H3,(H-,66,68,70,71)/p+1/b22-19-,23-20-,30-28-,31-29-,35-33-,39-36-,48-45-,56-53+. The molecule has 0 aromatic carbocycles. The predicted octanol–water partition coefficient (Wildman–Crippen LogP) is 18.8. The summed E-state index contributed by atoms with van der Waals surface area (Å²) >= 11 is 0. The fourth-order valence-electron chi connectivity index (χ4n) is 8.23. The van der Waals surface area contributed by atoms with Crippen molar-refractivity contribution in [2.75, 3.05) is 40.9 Å². The number of rotatable bonds is 54. The Balaban J connectivity index is 5.43. The number of carbonyl (C=O) groups excluding carboxylic acids is 2. The van der Waals surface area contributed by atoms with E-state index in [0.717, 1.165) is 96.3 Å². The molecule has 3 unspecified atom stereocenters. The number of phosphoric ester groups is 1. The fraction of sp³-hybridized carbons (Fsp3) is 0.723. The van der Waals surface area contributed by atoms with Crippen LogP contribution in [-0.4, -0.2) is 74.3 Å². The Hall–Kier alpha value is -3.07. The van der Waals surface area contributed by atoms with E-state index < -0.39 is 20.0 Å². The maximum absolute atomic E-state index is 13.5. The van der Waals surface area contributed by atoms with Gasteiger partial charge < -0.3 is 19.4 Å². The van der Waals surface area contributed by atoms with Gasteiger partial charge in [0.2, 0.25) is 5.91 Å². The molecule has 0 heterocycles. The Bertz CT molecular complexity index is 1610. The van der Waals surface area contributed by atoms with Crippen LogP contribution in [0.1, 0.15) is 252 Å². The molecule has 0 aliphatic heterocycles. The lowest BCUT2D eigenvalue weighted by atomic mass is 10.0. The van der Waals surface area contributed by atoms with Crippen molar-refractivity contribution in [1.82, 2.24) is 5.32 Å². The molecular formula is C65H116N2O7P+. The summed E-state index contributed by atoms with van der Waals surface area (Å²) in [4.78, 5) is 37.7. The summed E-state index contributed by atoms with van der Waals surface area (Å²) in [5.41, 5.74) is 0. The van der Waals surface area contributed by atoms with Crippen LogP contribution in [0.25, 0.3) is 0 Å². The van der Waals surface area contributed by atoms with Gasteiger partial charge in [0.25, 0.3) is 0 Å². The summed E-state index contributed by atoms with van der Waals surface area (Å²) in [6.07, 6.45) is 72.6. The molecule has 0 aliphatic rings. The van der Waals surface area contributed by atoms with Crippen LogP contribution in [0, 0.1) is 0 Å². The number of nitrogens with one attached hydrogen (secondary N) is 1. The molecule has 0 saturated heterocycles. The number of hydrogen-bond donors (Lipinski definition) is 2. The van der Waals surface area contributed by atoms with Gasteiger partial charge in [0.1, 0.15) is 19.3 Å². The molecule has 0 saturated carbocycles. The Kier molecular flexibility index (Phi) is 52.1. The van der Waals surface area contributed by atoms with Crippen molar-refractivity contribution >= 4 is 19.7 Å². The monoisotopic (exact) mass is 1070 g/mol. The Morgan fingerprint density at radius 3 is 1.27 bits per heavy atom. The molecule has 10 heteroatoms. The second-order valence-corrected chi connectivity index (χ2v) is 23.0. The number of ether oxygens (including phenoxy) is 1. The van der Waals surface area contributed by atoms with E-state index in [1.165, 1.54) is 109 Å². The summed E-state index contributed by atoms with van der Waals surface area (Å²) in [7, 11) is 1.44. The maximum atomic E-state index is 13.5. The molecule has 9 nitrogen and oxygen atoms in total. The van der Waals surface area contributed by atoms with Crippen molar-refractivity contribution in [3.05, 3.63) is 97.2 Å². The summed E-state index contributed by atoms with van der Waals surface area (Å²) in [6, 6.07) is -0.888. The highest BCUT2D eigenvalue weighted by Gasteiger charge is 2.30. The molecular weight excluding hydrogens is 952 g/mol. The van der Waals surface area contributed by atoms with Gasteiger partial charge in [-0.1, -0.05) is 227 Å². The smallest absolute Gasteiger partial charge is 0.456 e. The molecule has 2 N–H and O–H groups in total. The highest BCUT2D eigenvalue weighted by Crippen LogP contribution is 2.43. The van der Waals surface area contributed by atoms with Gasteiger partial charge in [0.15, 0.2) is 0 Å². The second-order valence-electron chi connectivity index (χ2n) is 21.5. The number of hydrogen-bond acceptors (Lipinski definition) is 6. The van der Waals surface area contributed by atoms with Crippen LogP contribution >= 0.6 is 7.82 Å². The first-order valence-electron chi connectivity index (χ1n) is 30.6. The molecule has 1 amide bonds. The van der Waals surface area contributed by atoms with Crippen molar-refractivity contribution in [2.45, 2.75) is 264 Å². The van der Waals surface area contributed by atoms with Gasteiger partial charge in [-0.25, -0.2) is 4.57 Å². The van der Waals surface area contributed by atoms with E-state index in [1.54, 1.807) is 0 Å². The van der Waals surface area contributed by atoms with Gasteiger partial charge in [-0.3, -0.25) is 18.6 Å². The van der Waals surface area contributed by atoms with Crippen LogP contribution in [-0.2, 0) is 27.9 Å². The van der Waals surface area contributed by atoms with Crippen molar-refractivity contribution in [3.63, 3.8) is 0 Å². The summed E-state index contributed by atoms with van der Waals surface area (Å²) in [6.45, 7) is 6.90. The van der Waals surface area contributed by atoms with E-state index in [0.29, 0.717) is 23.9 Å². The van der Waals surface area contributed by atoms with Gasteiger partial charge >= 0.3 is 13.8 Å². The van der Waals surface area contributed by atoms with Crippen molar-refractivity contribution in [3.8, 4) is 0 Å². The number of phosphoric acid groups is 1. The number of esters is 1. The zero-order chi connectivity index (χ0) is 55.0. The lowest BCUT2D eigenvalue weighted by Gasteiger charge is -2.27. The zero-order valence-corrected chi connectivity index (χ0v) is 50.2. The molecule has 3 atom stereocenters. The van der Waals surface area contributed by atoms with Crippen LogP contribution < -0.4 is 5.32 Å². The number of allylic oxidation sites excluding steroid dienone is 15. The van der Waals surface area contributed by atoms with Crippen molar-refractivity contribution < 1.29 is 37.3 Å². The zero-order valence-electron chi connectivity index (χ0n) is 49.3. The molecule has 0 bridgehead atoms. The molecule has 0 spiro atoms. The van der Waals surface area contributed by atoms with Gasteiger partial charge in [-0.2, -0.15) is 0 Å². The number of quaternary nitrogens is 1. The van der Waals surface area contributed by atoms with E-state index in [4.69, 9.17) is 13.8 Å². The first kappa shape index (κ1) is 71.9. The van der Waals surface area contributed by atoms with Crippen molar-refractivity contribution in [2.24, 2.45) is 0 Å². The van der Waals surface area contributed by atoms with E-state index >= 15 is 0 Å². The van der Waals surface area contributed by atoms with E-state index in [1.807, 2.05) is 33.3 Å². The Morgan fingerprint density at radius 1 is 0.467 bits per heavy atom. The minimum Gasteiger partial charge on any atom is -0.456 e. The largest absolute Gasteiger partial charge is 0.472 e. The van der Waals surface area contributed by atoms with Gasteiger partial charge in [-0.05, 0) is 109 Å². The lowest BCUT2D eigenvalue weighted by Crippen LogP contribution is -2.47. The third-order valence-corrected chi connectivity index (χ3v) is 14.0. The van der Waals surface area contributed by atoms with Gasteiger partial charge in [0, 0.05) is 12.8 Å². The molecule has 432 valence electrons. The van der Waals surface area contributed by atoms with Crippen LogP contribution in [0.5, 0.6) is 0 Å². The van der Waals surface area contributed by atoms with E-state index in [9.17, 15) is 19.0 Å². The number of likely N-dealkylation sites (N-methyl/N-ethyl adjacent to an activating group) is 1. The normalized spacial score (nSPS) is 14.4. The lowest BCUT2D eigenvalue weighted by molar-refractivity contribution is -0.870. The van der Waals surface area contributed by atoms with Crippen LogP contribution in [0.2, 0.25) is 0 Å². The third kappa shape index (κ3) is 55.5. The Morgan fingerprint density at radius 2 is 0.827 bits per heavy atom. The average molecular weight is 1070 g/mol. The minimum atomic E-state index is -4.47. The molecule has 0 aromatic heterocycles. The second kappa shape index (κ2) is 54.3. The summed E-state index contributed by atoms with van der Waals surface area (Å²) < 4.78 is 30.6. The first-order valence-corrected chi connectivity index (χ1v) is 32.1. The molecule has 0 fully saturated rings. The van der Waals surface area contributed by atoms with E-state index in [-0.39, 0.29) is 37.9 Å². The van der Waals surface area contributed by atoms with E-state index in [2.05, 4.69) is 111 Å². The molecule has 75 heavy (non-hydrogen) atoms. The quantitative estimate of drug-likeness (QED) is 0.0205. The maximum Gasteiger partial charge on any atom is 0.472 e. The SMILES string of the molecule is CCCCC/C=C\C/C=C\C/C=C\C/C=C\CCCC(=O)NC(COP(=O)(O)OCC[N+](C)(C)C)C(/C=C/CCCCCCCCCCCCC)OC(=O)CCCCCCCC/C=C\C/C=C\C/C=C\CCCCC. The number of unbranched alkanes of at least 4 members (excludes halogenated alkanes) is 24. The highest BCUT2D eigenvalue weighted by atomic mass is 31.2. The van der Waals surface area contributed by atoms with Gasteiger partial charge in [0.05, 0.1) is 33.8 Å². The number of nitrogens with zero attached hydrogens (tertiary/aromatic N) is 1. The van der Waals surface area contributed by atoms with Gasteiger partial charge in [-0.15, -0.1) is 0 Å². The van der Waals surface area contributed by atoms with Crippen LogP contribution in [0.15, 0.2) is 97.2 Å². The molecule has 0 rings (SSSR count).